The van der Waals surface area contributed by atoms with Gasteiger partial charge < -0.3 is 15.4 Å². The molecule has 1 aliphatic rings. The fourth-order valence-electron chi connectivity index (χ4n) is 3.81. The zero-order chi connectivity index (χ0) is 25.8. The first-order valence-electron chi connectivity index (χ1n) is 11.0. The number of hydrogen-bond acceptors (Lipinski definition) is 4. The van der Waals surface area contributed by atoms with E-state index < -0.39 is 27.6 Å². The standard InChI is InChI=1S/C26H23F3N2O4S/c27-26(28,29)20-7-4-8-21(15-20)30-25(32)31-24-16-22(9-10-23(24)19-11-13-35-14-12-19)36(33,34)17-18-5-2-1-3-6-18/h1-11,15-16H,12-14,17H2,(H2,30,31,32). The van der Waals surface area contributed by atoms with E-state index in [2.05, 4.69) is 10.6 Å². The second-order valence-corrected chi connectivity index (χ2v) is 10.2. The lowest BCUT2D eigenvalue weighted by Crippen LogP contribution is -2.21. The Morgan fingerprint density at radius 1 is 0.944 bits per heavy atom. The number of rotatable bonds is 6. The van der Waals surface area contributed by atoms with Gasteiger partial charge in [0.1, 0.15) is 0 Å². The molecule has 0 spiro atoms. The number of benzene rings is 3. The van der Waals surface area contributed by atoms with Crippen LogP contribution in [0.2, 0.25) is 0 Å². The van der Waals surface area contributed by atoms with Crippen LogP contribution in [0.3, 0.4) is 0 Å². The summed E-state index contributed by atoms with van der Waals surface area (Å²) in [5, 5.41) is 5.00. The molecule has 3 aromatic carbocycles. The summed E-state index contributed by atoms with van der Waals surface area (Å²) in [7, 11) is -3.74. The van der Waals surface area contributed by atoms with E-state index in [0.29, 0.717) is 30.8 Å². The molecule has 0 fully saturated rings. The van der Waals surface area contributed by atoms with E-state index in [1.54, 1.807) is 36.4 Å². The molecule has 4 rings (SSSR count). The summed E-state index contributed by atoms with van der Waals surface area (Å²) in [6.45, 7) is 0.842. The maximum absolute atomic E-state index is 13.1. The van der Waals surface area contributed by atoms with Crippen LogP contribution < -0.4 is 10.6 Å². The predicted octanol–water partition coefficient (Wildman–Crippen LogP) is 6.13. The Kier molecular flexibility index (Phi) is 7.46. The first kappa shape index (κ1) is 25.5. The van der Waals surface area contributed by atoms with Crippen LogP contribution in [-0.2, 0) is 26.5 Å². The van der Waals surface area contributed by atoms with Gasteiger partial charge in [0.2, 0.25) is 0 Å². The maximum atomic E-state index is 13.1. The SMILES string of the molecule is O=C(Nc1cccc(C(F)(F)F)c1)Nc1cc(S(=O)(=O)Cc2ccccc2)ccc1C1=CCOCC1. The van der Waals surface area contributed by atoms with Crippen molar-refractivity contribution in [2.45, 2.75) is 23.2 Å². The largest absolute Gasteiger partial charge is 0.416 e. The monoisotopic (exact) mass is 516 g/mol. The zero-order valence-corrected chi connectivity index (χ0v) is 19.8. The molecule has 0 saturated carbocycles. The van der Waals surface area contributed by atoms with Crippen molar-refractivity contribution in [2.75, 3.05) is 23.8 Å². The van der Waals surface area contributed by atoms with Gasteiger partial charge in [-0.05, 0) is 47.9 Å². The summed E-state index contributed by atoms with van der Waals surface area (Å²) in [5.74, 6) is -0.223. The molecule has 6 nitrogen and oxygen atoms in total. The van der Waals surface area contributed by atoms with Gasteiger partial charge in [-0.15, -0.1) is 0 Å². The van der Waals surface area contributed by atoms with Crippen molar-refractivity contribution in [1.29, 1.82) is 0 Å². The van der Waals surface area contributed by atoms with Crippen molar-refractivity contribution in [3.05, 3.63) is 95.6 Å². The number of carbonyl (C=O) groups is 1. The fourth-order valence-corrected chi connectivity index (χ4v) is 5.18. The molecular formula is C26H23F3N2O4S. The van der Waals surface area contributed by atoms with Crippen molar-refractivity contribution in [3.8, 4) is 0 Å². The van der Waals surface area contributed by atoms with Gasteiger partial charge in [0.05, 0.1) is 35.1 Å². The average Bonchev–Trinajstić information content (AvgIpc) is 2.84. The smallest absolute Gasteiger partial charge is 0.377 e. The summed E-state index contributed by atoms with van der Waals surface area (Å²) >= 11 is 0. The maximum Gasteiger partial charge on any atom is 0.416 e. The van der Waals surface area contributed by atoms with E-state index in [1.807, 2.05) is 6.08 Å². The summed E-state index contributed by atoms with van der Waals surface area (Å²) < 4.78 is 70.6. The van der Waals surface area contributed by atoms with Crippen LogP contribution in [0.5, 0.6) is 0 Å². The van der Waals surface area contributed by atoms with Gasteiger partial charge in [0.25, 0.3) is 0 Å². The number of carbonyl (C=O) groups excluding carboxylic acids is 1. The minimum Gasteiger partial charge on any atom is -0.377 e. The second kappa shape index (κ2) is 10.5. The lowest BCUT2D eigenvalue weighted by atomic mass is 9.99. The molecule has 10 heteroatoms. The highest BCUT2D eigenvalue weighted by Gasteiger charge is 2.30. The molecule has 0 atom stereocenters. The molecule has 1 heterocycles. The highest BCUT2D eigenvalue weighted by atomic mass is 32.2. The van der Waals surface area contributed by atoms with Gasteiger partial charge in [-0.3, -0.25) is 0 Å². The number of anilines is 2. The van der Waals surface area contributed by atoms with E-state index >= 15 is 0 Å². The van der Waals surface area contributed by atoms with Crippen molar-refractivity contribution < 1.29 is 31.1 Å². The van der Waals surface area contributed by atoms with Crippen LogP contribution in [0, 0.1) is 0 Å². The molecule has 188 valence electrons. The van der Waals surface area contributed by atoms with Gasteiger partial charge in [-0.25, -0.2) is 13.2 Å². The highest BCUT2D eigenvalue weighted by Crippen LogP contribution is 2.33. The number of sulfone groups is 1. The van der Waals surface area contributed by atoms with Crippen LogP contribution in [-0.4, -0.2) is 27.7 Å². The van der Waals surface area contributed by atoms with E-state index in [0.717, 1.165) is 17.7 Å². The molecule has 0 bridgehead atoms. The molecule has 36 heavy (non-hydrogen) atoms. The number of amides is 2. The molecule has 0 aromatic heterocycles. The second-order valence-electron chi connectivity index (χ2n) is 8.16. The molecule has 2 N–H and O–H groups in total. The van der Waals surface area contributed by atoms with Crippen molar-refractivity contribution in [2.24, 2.45) is 0 Å². The topological polar surface area (TPSA) is 84.5 Å². The number of urea groups is 1. The lowest BCUT2D eigenvalue weighted by molar-refractivity contribution is -0.137. The number of nitrogens with one attached hydrogen (secondary N) is 2. The molecular weight excluding hydrogens is 493 g/mol. The van der Waals surface area contributed by atoms with Crippen LogP contribution in [0.1, 0.15) is 23.1 Å². The first-order valence-corrected chi connectivity index (χ1v) is 12.7. The molecule has 0 saturated heterocycles. The number of halogens is 3. The Morgan fingerprint density at radius 3 is 2.42 bits per heavy atom. The molecule has 0 aliphatic carbocycles. The summed E-state index contributed by atoms with van der Waals surface area (Å²) in [6.07, 6.45) is -2.16. The third-order valence-electron chi connectivity index (χ3n) is 5.55. The highest BCUT2D eigenvalue weighted by molar-refractivity contribution is 7.90. The zero-order valence-electron chi connectivity index (χ0n) is 19.0. The normalized spacial score (nSPS) is 14.1. The number of alkyl halides is 3. The van der Waals surface area contributed by atoms with E-state index in [-0.39, 0.29) is 22.0 Å². The Balaban J connectivity index is 1.63. The Morgan fingerprint density at radius 2 is 1.72 bits per heavy atom. The van der Waals surface area contributed by atoms with Crippen LogP contribution >= 0.6 is 0 Å². The number of ether oxygens (including phenoxy) is 1. The fraction of sp³-hybridized carbons (Fsp3) is 0.192. The molecule has 2 amide bonds. The molecule has 1 aliphatic heterocycles. The Hall–Kier alpha value is -3.63. The van der Waals surface area contributed by atoms with E-state index in [9.17, 15) is 26.4 Å². The van der Waals surface area contributed by atoms with Gasteiger partial charge in [0, 0.05) is 11.3 Å². The Labute approximate surface area is 206 Å². The minimum atomic E-state index is -4.56. The summed E-state index contributed by atoms with van der Waals surface area (Å²) in [6, 6.07) is 16.6. The summed E-state index contributed by atoms with van der Waals surface area (Å²) in [5.41, 5.74) is 1.36. The van der Waals surface area contributed by atoms with Crippen LogP contribution in [0.15, 0.2) is 83.8 Å². The minimum absolute atomic E-state index is 0.0112. The van der Waals surface area contributed by atoms with E-state index in [4.69, 9.17) is 4.74 Å². The quantitative estimate of drug-likeness (QED) is 0.413. The third-order valence-corrected chi connectivity index (χ3v) is 7.24. The first-order chi connectivity index (χ1) is 17.1. The van der Waals surface area contributed by atoms with Crippen LogP contribution in [0.25, 0.3) is 5.57 Å². The lowest BCUT2D eigenvalue weighted by Gasteiger charge is -2.19. The summed E-state index contributed by atoms with van der Waals surface area (Å²) in [4.78, 5) is 12.7. The van der Waals surface area contributed by atoms with Gasteiger partial charge in [-0.1, -0.05) is 48.5 Å². The molecule has 0 unspecified atom stereocenters. The third kappa shape index (κ3) is 6.32. The van der Waals surface area contributed by atoms with E-state index in [1.165, 1.54) is 24.3 Å². The van der Waals surface area contributed by atoms with Crippen molar-refractivity contribution in [1.82, 2.24) is 0 Å². The van der Waals surface area contributed by atoms with Crippen LogP contribution in [0.4, 0.5) is 29.3 Å². The molecule has 3 aromatic rings. The van der Waals surface area contributed by atoms with Gasteiger partial charge >= 0.3 is 12.2 Å². The Bertz CT molecular complexity index is 1390. The van der Waals surface area contributed by atoms with Gasteiger partial charge in [-0.2, -0.15) is 13.2 Å². The van der Waals surface area contributed by atoms with Crippen molar-refractivity contribution >= 4 is 32.8 Å². The van der Waals surface area contributed by atoms with Crippen molar-refractivity contribution in [3.63, 3.8) is 0 Å². The molecule has 0 radical (unpaired) electrons. The average molecular weight is 517 g/mol. The number of hydrogen-bond donors (Lipinski definition) is 2. The van der Waals surface area contributed by atoms with Gasteiger partial charge in [0.15, 0.2) is 9.84 Å². The predicted molar refractivity (Wildman–Crippen MR) is 131 cm³/mol.